The average Bonchev–Trinajstić information content (AvgIpc) is 3.71. The van der Waals surface area contributed by atoms with Crippen molar-refractivity contribution in [2.75, 3.05) is 31.2 Å². The fourth-order valence-corrected chi connectivity index (χ4v) is 5.61. The minimum Gasteiger partial charge on any atom is -0.381 e. The molecule has 2 saturated heterocycles. The topological polar surface area (TPSA) is 103 Å². The van der Waals surface area contributed by atoms with Crippen LogP contribution in [0.3, 0.4) is 0 Å². The molecule has 1 aromatic carbocycles. The molecule has 2 unspecified atom stereocenters. The van der Waals surface area contributed by atoms with E-state index in [0.29, 0.717) is 17.2 Å². The molecule has 0 aliphatic carbocycles. The first-order chi connectivity index (χ1) is 19.7. The fourth-order valence-electron chi connectivity index (χ4n) is 5.61. The molecule has 0 saturated carbocycles. The van der Waals surface area contributed by atoms with E-state index in [-0.39, 0.29) is 29.0 Å². The number of nitrogens with zero attached hydrogens (tertiary/aromatic N) is 4. The lowest BCUT2D eigenvalue weighted by molar-refractivity contribution is -0.123. The predicted molar refractivity (Wildman–Crippen MR) is 158 cm³/mol. The Kier molecular flexibility index (Phi) is 8.54. The summed E-state index contributed by atoms with van der Waals surface area (Å²) in [6.45, 7) is 13.9. The van der Waals surface area contributed by atoms with E-state index in [9.17, 15) is 9.59 Å². The molecule has 2 N–H and O–H groups in total. The van der Waals surface area contributed by atoms with E-state index in [1.54, 1.807) is 24.7 Å². The van der Waals surface area contributed by atoms with E-state index in [0.717, 1.165) is 56.8 Å². The number of pyridine rings is 1. The van der Waals surface area contributed by atoms with Gasteiger partial charge in [0.2, 0.25) is 5.91 Å². The van der Waals surface area contributed by atoms with Gasteiger partial charge in [-0.2, -0.15) is 0 Å². The van der Waals surface area contributed by atoms with Crippen LogP contribution in [0.2, 0.25) is 0 Å². The van der Waals surface area contributed by atoms with Crippen LogP contribution in [0.4, 0.5) is 5.69 Å². The van der Waals surface area contributed by atoms with Crippen molar-refractivity contribution in [1.29, 1.82) is 0 Å². The number of aromatic nitrogens is 3. The fraction of sp³-hybridized carbons (Fsp3) is 0.438. The van der Waals surface area contributed by atoms with Crippen LogP contribution in [0.1, 0.15) is 67.7 Å². The zero-order valence-corrected chi connectivity index (χ0v) is 24.2. The number of anilines is 1. The molecule has 4 heterocycles. The summed E-state index contributed by atoms with van der Waals surface area (Å²) >= 11 is 0. The van der Waals surface area contributed by atoms with Crippen molar-refractivity contribution in [3.8, 4) is 0 Å². The minimum absolute atomic E-state index is 0.0175. The molecular weight excluding hydrogens is 516 g/mol. The van der Waals surface area contributed by atoms with Gasteiger partial charge in [-0.25, -0.2) is 4.98 Å². The molecule has 2 aliphatic heterocycles. The third-order valence-corrected chi connectivity index (χ3v) is 8.10. The number of hydrogen-bond donors (Lipinski definition) is 2. The van der Waals surface area contributed by atoms with Crippen molar-refractivity contribution in [1.82, 2.24) is 25.2 Å². The number of ether oxygens (including phenoxy) is 1. The number of likely N-dealkylation sites (tertiary alicyclic amines) is 1. The number of H-pyrrole nitrogens is 1. The Morgan fingerprint density at radius 3 is 2.49 bits per heavy atom. The van der Waals surface area contributed by atoms with Gasteiger partial charge >= 0.3 is 0 Å². The highest BCUT2D eigenvalue weighted by atomic mass is 16.5. The van der Waals surface area contributed by atoms with Crippen LogP contribution >= 0.6 is 0 Å². The molecule has 2 aromatic heterocycles. The van der Waals surface area contributed by atoms with Crippen molar-refractivity contribution in [2.24, 2.45) is 5.92 Å². The van der Waals surface area contributed by atoms with Crippen LogP contribution in [0.5, 0.6) is 0 Å². The second-order valence-electron chi connectivity index (χ2n) is 11.9. The van der Waals surface area contributed by atoms with E-state index >= 15 is 0 Å². The Morgan fingerprint density at radius 1 is 1.15 bits per heavy atom. The molecule has 3 aromatic rings. The van der Waals surface area contributed by atoms with Gasteiger partial charge < -0.3 is 19.9 Å². The second-order valence-corrected chi connectivity index (χ2v) is 11.9. The number of aromatic amines is 1. The Bertz CT molecular complexity index is 1320. The Morgan fingerprint density at radius 2 is 1.90 bits per heavy atom. The van der Waals surface area contributed by atoms with Crippen molar-refractivity contribution in [3.63, 3.8) is 0 Å². The number of hydrogen-bond acceptors (Lipinski definition) is 6. The van der Waals surface area contributed by atoms with E-state index in [1.165, 1.54) is 11.2 Å². The number of benzene rings is 1. The Hall–Kier alpha value is -3.98. The molecular formula is C32H40N6O3. The number of rotatable bonds is 8. The summed E-state index contributed by atoms with van der Waals surface area (Å²) in [7, 11) is 0. The van der Waals surface area contributed by atoms with Crippen LogP contribution in [0.15, 0.2) is 73.6 Å². The molecule has 9 nitrogen and oxygen atoms in total. The number of carbonyl (C=O) groups excluding carboxylic acids is 2. The lowest BCUT2D eigenvalue weighted by Gasteiger charge is -2.38. The van der Waals surface area contributed by atoms with E-state index in [1.807, 2.05) is 30.3 Å². The van der Waals surface area contributed by atoms with Crippen molar-refractivity contribution in [3.05, 3.63) is 90.4 Å². The van der Waals surface area contributed by atoms with Crippen LogP contribution in [-0.2, 0) is 14.9 Å². The first-order valence-corrected chi connectivity index (χ1v) is 14.4. The lowest BCUT2D eigenvalue weighted by Crippen LogP contribution is -2.50. The molecule has 2 atom stereocenters. The number of nitrogens with one attached hydrogen (secondary N) is 2. The SMILES string of the molecule is C=C(C1CCOC1)N1CCC(NC(=O)C(c2cccnc2)N(C(=O)c2c[nH]cn2)c2ccc(C(C)(C)C)cc2)CC1. The summed E-state index contributed by atoms with van der Waals surface area (Å²) in [6, 6.07) is 10.5. The molecule has 5 rings (SSSR count). The summed E-state index contributed by atoms with van der Waals surface area (Å²) in [5.74, 6) is -0.241. The predicted octanol–water partition coefficient (Wildman–Crippen LogP) is 4.62. The highest BCUT2D eigenvalue weighted by Gasteiger charge is 2.36. The van der Waals surface area contributed by atoms with Gasteiger partial charge in [-0.1, -0.05) is 45.5 Å². The van der Waals surface area contributed by atoms with Crippen LogP contribution in [0.25, 0.3) is 0 Å². The maximum atomic E-state index is 14.1. The smallest absolute Gasteiger partial charge is 0.279 e. The molecule has 216 valence electrons. The first-order valence-electron chi connectivity index (χ1n) is 14.4. The van der Waals surface area contributed by atoms with Gasteiger partial charge in [0, 0.05) is 67.2 Å². The first kappa shape index (κ1) is 28.5. The Labute approximate surface area is 242 Å². The molecule has 2 amide bonds. The van der Waals surface area contributed by atoms with Gasteiger partial charge in [0.15, 0.2) is 0 Å². The van der Waals surface area contributed by atoms with E-state index < -0.39 is 6.04 Å². The van der Waals surface area contributed by atoms with E-state index in [4.69, 9.17) is 4.74 Å². The summed E-state index contributed by atoms with van der Waals surface area (Å²) in [4.78, 5) is 43.3. The van der Waals surface area contributed by atoms with Crippen molar-refractivity contribution in [2.45, 2.75) is 57.5 Å². The lowest BCUT2D eigenvalue weighted by atomic mass is 9.87. The van der Waals surface area contributed by atoms with Crippen LogP contribution in [-0.4, -0.2) is 64.0 Å². The van der Waals surface area contributed by atoms with Gasteiger partial charge in [0.1, 0.15) is 11.7 Å². The number of amides is 2. The van der Waals surface area contributed by atoms with Crippen LogP contribution in [0, 0.1) is 5.92 Å². The zero-order chi connectivity index (χ0) is 29.0. The second kappa shape index (κ2) is 12.3. The molecule has 41 heavy (non-hydrogen) atoms. The maximum absolute atomic E-state index is 14.1. The largest absolute Gasteiger partial charge is 0.381 e. The molecule has 9 heteroatoms. The minimum atomic E-state index is -0.933. The van der Waals surface area contributed by atoms with Crippen LogP contribution < -0.4 is 10.2 Å². The highest BCUT2D eigenvalue weighted by molar-refractivity contribution is 6.09. The summed E-state index contributed by atoms with van der Waals surface area (Å²) in [5.41, 5.74) is 3.68. The maximum Gasteiger partial charge on any atom is 0.279 e. The third kappa shape index (κ3) is 6.51. The van der Waals surface area contributed by atoms with Gasteiger partial charge in [-0.3, -0.25) is 19.5 Å². The zero-order valence-electron chi connectivity index (χ0n) is 24.2. The Balaban J connectivity index is 1.41. The monoisotopic (exact) mass is 556 g/mol. The number of piperidine rings is 1. The molecule has 0 spiro atoms. The molecule has 2 aliphatic rings. The van der Waals surface area contributed by atoms with Gasteiger partial charge in [-0.05, 0) is 48.4 Å². The highest BCUT2D eigenvalue weighted by Crippen LogP contribution is 2.32. The third-order valence-electron chi connectivity index (χ3n) is 8.10. The summed E-state index contributed by atoms with van der Waals surface area (Å²) in [5, 5.41) is 3.26. The van der Waals surface area contributed by atoms with Crippen molar-refractivity contribution < 1.29 is 14.3 Å². The summed E-state index contributed by atoms with van der Waals surface area (Å²) < 4.78 is 5.55. The number of carbonyl (C=O) groups is 2. The van der Waals surface area contributed by atoms with Gasteiger partial charge in [-0.15, -0.1) is 0 Å². The van der Waals surface area contributed by atoms with Gasteiger partial charge in [0.05, 0.1) is 12.9 Å². The molecule has 2 fully saturated rings. The standard InChI is InChI=1S/C32H40N6O3/c1-22(24-13-17-41-20-24)37-15-11-26(12-16-37)36-30(39)29(23-6-5-14-33-18-23)38(31(40)28-19-34-21-35-28)27-9-7-25(8-10-27)32(2,3)4/h5-10,14,18-19,21,24,26,29H,1,11-13,15-17,20H2,2-4H3,(H,34,35)(H,36,39). The molecule has 0 bridgehead atoms. The quantitative estimate of drug-likeness (QED) is 0.420. The summed E-state index contributed by atoms with van der Waals surface area (Å²) in [6.07, 6.45) is 8.93. The molecule has 0 radical (unpaired) electrons. The normalized spacial score (nSPS) is 18.6. The number of imidazole rings is 1. The van der Waals surface area contributed by atoms with Gasteiger partial charge in [0.25, 0.3) is 5.91 Å². The van der Waals surface area contributed by atoms with Crippen molar-refractivity contribution >= 4 is 17.5 Å². The van der Waals surface area contributed by atoms with E-state index in [2.05, 4.69) is 52.5 Å². The average molecular weight is 557 g/mol.